The van der Waals surface area contributed by atoms with E-state index in [1.165, 1.54) is 334 Å². The van der Waals surface area contributed by atoms with Crippen molar-refractivity contribution in [2.45, 2.75) is 411 Å². The van der Waals surface area contributed by atoms with Crippen LogP contribution in [0, 0.1) is 0 Å². The van der Waals surface area contributed by atoms with E-state index in [0.717, 1.165) is 38.5 Å². The van der Waals surface area contributed by atoms with Crippen LogP contribution in [-0.4, -0.2) is 47.4 Å². The molecule has 0 heterocycles. The average Bonchev–Trinajstić information content (AvgIpc) is 3.42. The summed E-state index contributed by atoms with van der Waals surface area (Å²) in [6.07, 6.45) is 81.7. The molecule has 0 aliphatic rings. The number of carbonyl (C=O) groups excluding carboxylic acids is 2. The Hall–Kier alpha value is -1.40. The third-order valence-electron chi connectivity index (χ3n) is 16.6. The first-order valence-corrected chi connectivity index (χ1v) is 35.0. The van der Waals surface area contributed by atoms with Crippen molar-refractivity contribution in [3.05, 3.63) is 12.2 Å². The van der Waals surface area contributed by atoms with Crippen molar-refractivity contribution in [2.75, 3.05) is 13.2 Å². The normalized spacial score (nSPS) is 12.5. The van der Waals surface area contributed by atoms with Crippen molar-refractivity contribution < 1.29 is 24.5 Å². The van der Waals surface area contributed by atoms with E-state index in [4.69, 9.17) is 4.74 Å². The predicted octanol–water partition coefficient (Wildman–Crippen LogP) is 22.4. The van der Waals surface area contributed by atoms with Crippen molar-refractivity contribution in [1.82, 2.24) is 5.32 Å². The summed E-state index contributed by atoms with van der Waals surface area (Å²) in [5.41, 5.74) is 0. The van der Waals surface area contributed by atoms with Crippen LogP contribution >= 0.6 is 0 Å². The average molecular weight is 1070 g/mol. The Balaban J connectivity index is 3.29. The van der Waals surface area contributed by atoms with Gasteiger partial charge in [-0.15, -0.1) is 0 Å². The SMILES string of the molecule is CCCCCCCCCC/C=C/C(O)C(CO)NC(=O)CCCCCCCCCCCCCCCCCCCCCCCCCCCCCCCCOC(=O)CCCCCCCCCCCCCCCCCCCCC. The predicted molar refractivity (Wildman–Crippen MR) is 333 cm³/mol. The summed E-state index contributed by atoms with van der Waals surface area (Å²) in [6, 6.07) is -0.622. The van der Waals surface area contributed by atoms with E-state index in [0.29, 0.717) is 19.4 Å². The van der Waals surface area contributed by atoms with E-state index in [-0.39, 0.29) is 18.5 Å². The van der Waals surface area contributed by atoms with Crippen LogP contribution in [0.5, 0.6) is 0 Å². The lowest BCUT2D eigenvalue weighted by Gasteiger charge is -2.20. The molecule has 1 amide bonds. The number of rotatable bonds is 66. The van der Waals surface area contributed by atoms with Crippen LogP contribution in [0.15, 0.2) is 12.2 Å². The molecule has 0 aromatic heterocycles. The molecule has 0 saturated heterocycles. The van der Waals surface area contributed by atoms with E-state index >= 15 is 0 Å². The summed E-state index contributed by atoms with van der Waals surface area (Å²) in [5, 5.41) is 23.0. The lowest BCUT2D eigenvalue weighted by atomic mass is 10.0. The fourth-order valence-electron chi connectivity index (χ4n) is 11.2. The summed E-state index contributed by atoms with van der Waals surface area (Å²) in [6.45, 7) is 4.93. The van der Waals surface area contributed by atoms with Gasteiger partial charge in [0.2, 0.25) is 5.91 Å². The zero-order valence-corrected chi connectivity index (χ0v) is 51.8. The van der Waals surface area contributed by atoms with Gasteiger partial charge in [-0.1, -0.05) is 366 Å². The third-order valence-corrected chi connectivity index (χ3v) is 16.6. The Morgan fingerprint density at radius 2 is 0.605 bits per heavy atom. The fourth-order valence-corrected chi connectivity index (χ4v) is 11.2. The molecule has 0 bridgehead atoms. The van der Waals surface area contributed by atoms with Crippen LogP contribution in [0.4, 0.5) is 0 Å². The van der Waals surface area contributed by atoms with Crippen molar-refractivity contribution in [2.24, 2.45) is 0 Å². The van der Waals surface area contributed by atoms with E-state index in [1.807, 2.05) is 6.08 Å². The van der Waals surface area contributed by atoms with Gasteiger partial charge in [-0.05, 0) is 32.1 Å². The molecule has 0 aliphatic heterocycles. The Morgan fingerprint density at radius 1 is 0.355 bits per heavy atom. The van der Waals surface area contributed by atoms with Crippen molar-refractivity contribution >= 4 is 11.9 Å². The Kier molecular flexibility index (Phi) is 64.9. The number of esters is 1. The molecule has 6 nitrogen and oxygen atoms in total. The number of hydrogen-bond acceptors (Lipinski definition) is 5. The smallest absolute Gasteiger partial charge is 0.305 e. The molecule has 3 N–H and O–H groups in total. The highest BCUT2D eigenvalue weighted by Gasteiger charge is 2.18. The van der Waals surface area contributed by atoms with Crippen LogP contribution < -0.4 is 5.32 Å². The van der Waals surface area contributed by atoms with Crippen molar-refractivity contribution in [1.29, 1.82) is 0 Å². The summed E-state index contributed by atoms with van der Waals surface area (Å²) in [7, 11) is 0. The molecule has 0 rings (SSSR count). The first kappa shape index (κ1) is 74.6. The van der Waals surface area contributed by atoms with Gasteiger partial charge in [0, 0.05) is 12.8 Å². The third kappa shape index (κ3) is 61.8. The summed E-state index contributed by atoms with van der Waals surface area (Å²) < 4.78 is 5.52. The highest BCUT2D eigenvalue weighted by molar-refractivity contribution is 5.76. The largest absolute Gasteiger partial charge is 0.466 e. The number of unbranched alkanes of at least 4 members (excludes halogenated alkanes) is 55. The van der Waals surface area contributed by atoms with Crippen molar-refractivity contribution in [3.8, 4) is 0 Å². The topological polar surface area (TPSA) is 95.9 Å². The minimum atomic E-state index is -0.839. The second kappa shape index (κ2) is 66.1. The standard InChI is InChI=1S/C70H137NO5/c1-3-5-7-9-11-13-15-16-17-18-31-35-38-41-44-48-52-56-60-64-70(75)76-65-61-57-53-49-45-42-39-36-33-30-28-26-24-22-20-19-21-23-25-27-29-32-34-37-40-43-47-51-55-59-63-69(74)71-67(66-72)68(73)62-58-54-50-46-14-12-10-8-6-4-2/h58,62,67-68,72-73H,3-57,59-61,63-66H2,1-2H3,(H,71,74)/b62-58+. The second-order valence-electron chi connectivity index (χ2n) is 24.2. The Labute approximate surface area is 476 Å². The van der Waals surface area contributed by atoms with Gasteiger partial charge in [-0.25, -0.2) is 0 Å². The molecule has 0 radical (unpaired) electrons. The fraction of sp³-hybridized carbons (Fsp3) is 0.943. The first-order chi connectivity index (χ1) is 37.5. The molecule has 2 unspecified atom stereocenters. The molecular formula is C70H137NO5. The van der Waals surface area contributed by atoms with Gasteiger partial charge in [0.05, 0.1) is 25.4 Å². The molecule has 76 heavy (non-hydrogen) atoms. The maximum atomic E-state index is 12.4. The molecular weight excluding hydrogens is 935 g/mol. The number of nitrogens with one attached hydrogen (secondary N) is 1. The number of aliphatic hydroxyl groups excluding tert-OH is 2. The van der Waals surface area contributed by atoms with Gasteiger partial charge in [0.15, 0.2) is 0 Å². The number of ether oxygens (including phenoxy) is 1. The van der Waals surface area contributed by atoms with Crippen LogP contribution in [0.1, 0.15) is 399 Å². The molecule has 0 fully saturated rings. The Bertz CT molecular complexity index is 1140. The van der Waals surface area contributed by atoms with Gasteiger partial charge in [0.1, 0.15) is 0 Å². The van der Waals surface area contributed by atoms with Crippen LogP contribution in [-0.2, 0) is 14.3 Å². The molecule has 0 aromatic rings. The molecule has 2 atom stereocenters. The summed E-state index contributed by atoms with van der Waals surface area (Å²) in [5.74, 6) is -0.0387. The monoisotopic (exact) mass is 1070 g/mol. The highest BCUT2D eigenvalue weighted by Crippen LogP contribution is 2.19. The van der Waals surface area contributed by atoms with Gasteiger partial charge < -0.3 is 20.3 Å². The summed E-state index contributed by atoms with van der Waals surface area (Å²) >= 11 is 0. The van der Waals surface area contributed by atoms with Gasteiger partial charge in [0.25, 0.3) is 0 Å². The zero-order valence-electron chi connectivity index (χ0n) is 51.8. The minimum absolute atomic E-state index is 0.0254. The molecule has 0 saturated carbocycles. The van der Waals surface area contributed by atoms with Gasteiger partial charge in [-0.3, -0.25) is 9.59 Å². The number of hydrogen-bond donors (Lipinski definition) is 3. The molecule has 6 heteroatoms. The minimum Gasteiger partial charge on any atom is -0.466 e. The molecule has 0 aliphatic carbocycles. The second-order valence-corrected chi connectivity index (χ2v) is 24.2. The Morgan fingerprint density at radius 3 is 0.895 bits per heavy atom. The van der Waals surface area contributed by atoms with Gasteiger partial charge >= 0.3 is 5.97 Å². The first-order valence-electron chi connectivity index (χ1n) is 35.0. The van der Waals surface area contributed by atoms with E-state index in [1.54, 1.807) is 6.08 Å². The van der Waals surface area contributed by atoms with E-state index < -0.39 is 12.1 Å². The van der Waals surface area contributed by atoms with Crippen LogP contribution in [0.2, 0.25) is 0 Å². The molecule has 0 aromatic carbocycles. The number of carbonyl (C=O) groups is 2. The molecule has 452 valence electrons. The van der Waals surface area contributed by atoms with Crippen molar-refractivity contribution in [3.63, 3.8) is 0 Å². The lowest BCUT2D eigenvalue weighted by molar-refractivity contribution is -0.143. The number of amides is 1. The zero-order chi connectivity index (χ0) is 55.0. The number of aliphatic hydroxyl groups is 2. The molecule has 0 spiro atoms. The van der Waals surface area contributed by atoms with Crippen LogP contribution in [0.3, 0.4) is 0 Å². The maximum absolute atomic E-state index is 12.4. The lowest BCUT2D eigenvalue weighted by Crippen LogP contribution is -2.45. The quantitative estimate of drug-likeness (QED) is 0.0320. The van der Waals surface area contributed by atoms with Gasteiger partial charge in [-0.2, -0.15) is 0 Å². The van der Waals surface area contributed by atoms with E-state index in [9.17, 15) is 19.8 Å². The van der Waals surface area contributed by atoms with E-state index in [2.05, 4.69) is 19.2 Å². The number of allylic oxidation sites excluding steroid dienone is 1. The maximum Gasteiger partial charge on any atom is 0.305 e. The summed E-state index contributed by atoms with van der Waals surface area (Å²) in [4.78, 5) is 24.5. The highest BCUT2D eigenvalue weighted by atomic mass is 16.5. The van der Waals surface area contributed by atoms with Crippen LogP contribution in [0.25, 0.3) is 0 Å².